The maximum atomic E-state index is 11.7. The van der Waals surface area contributed by atoms with Gasteiger partial charge in [-0.1, -0.05) is 95.0 Å². The molecule has 0 spiro atoms. The molecule has 0 aromatic heterocycles. The molecule has 0 saturated carbocycles. The fraction of sp³-hybridized carbons (Fsp3) is 0.545. The number of fused-ring (bicyclic) bond motifs is 1. The predicted octanol–water partition coefficient (Wildman–Crippen LogP) is 6.55. The van der Waals surface area contributed by atoms with Gasteiger partial charge in [0.15, 0.2) is 0 Å². The van der Waals surface area contributed by atoms with E-state index in [2.05, 4.69) is 6.92 Å². The summed E-state index contributed by atoms with van der Waals surface area (Å²) in [6.07, 6.45) is 13.2. The van der Waals surface area contributed by atoms with Crippen LogP contribution in [0.25, 0.3) is 10.8 Å². The standard InChI is InChI=1S/C22H32O3S/c1-2-3-4-5-6-7-8-9-10-11-16-21-20-15-13-12-14-19(20)17-18-22(21)26(23,24)25/h12-15,17-18H,2-11,16H2,1H3,(H,23,24,25). The number of unbranched alkanes of at least 4 members (excludes halogenated alkanes) is 9. The molecule has 144 valence electrons. The second-order valence-corrected chi connectivity index (χ2v) is 8.56. The lowest BCUT2D eigenvalue weighted by atomic mass is 9.99. The smallest absolute Gasteiger partial charge is 0.282 e. The molecule has 0 aliphatic heterocycles. The molecule has 0 amide bonds. The third kappa shape index (κ3) is 6.40. The highest BCUT2D eigenvalue weighted by Crippen LogP contribution is 2.27. The van der Waals surface area contributed by atoms with Crippen LogP contribution in [0.3, 0.4) is 0 Å². The van der Waals surface area contributed by atoms with Gasteiger partial charge in [0.05, 0.1) is 4.90 Å². The van der Waals surface area contributed by atoms with E-state index in [-0.39, 0.29) is 4.90 Å². The fourth-order valence-corrected chi connectivity index (χ4v) is 4.37. The van der Waals surface area contributed by atoms with E-state index in [1.54, 1.807) is 6.07 Å². The van der Waals surface area contributed by atoms with E-state index >= 15 is 0 Å². The Labute approximate surface area is 158 Å². The van der Waals surface area contributed by atoms with Gasteiger partial charge in [-0.2, -0.15) is 8.42 Å². The van der Waals surface area contributed by atoms with Crippen LogP contribution in [0.5, 0.6) is 0 Å². The zero-order valence-corrected chi connectivity index (χ0v) is 16.7. The van der Waals surface area contributed by atoms with E-state index in [0.717, 1.165) is 29.2 Å². The van der Waals surface area contributed by atoms with Crippen LogP contribution in [-0.4, -0.2) is 13.0 Å². The third-order valence-corrected chi connectivity index (χ3v) is 5.99. The fourth-order valence-electron chi connectivity index (χ4n) is 3.60. The molecule has 0 saturated heterocycles. The quantitative estimate of drug-likeness (QED) is 0.337. The first-order valence-electron chi connectivity index (χ1n) is 10.0. The van der Waals surface area contributed by atoms with Crippen LogP contribution in [-0.2, 0) is 16.5 Å². The van der Waals surface area contributed by atoms with Crippen LogP contribution < -0.4 is 0 Å². The molecule has 0 aliphatic rings. The number of hydrogen-bond donors (Lipinski definition) is 1. The van der Waals surface area contributed by atoms with Crippen molar-refractivity contribution in [3.8, 4) is 0 Å². The predicted molar refractivity (Wildman–Crippen MR) is 109 cm³/mol. The molecule has 1 N–H and O–H groups in total. The van der Waals surface area contributed by atoms with Crippen LogP contribution in [0.1, 0.15) is 76.7 Å². The van der Waals surface area contributed by atoms with Gasteiger partial charge in [-0.25, -0.2) is 0 Å². The number of aryl methyl sites for hydroxylation is 1. The van der Waals surface area contributed by atoms with Gasteiger partial charge in [0.25, 0.3) is 10.1 Å². The molecule has 2 aromatic carbocycles. The number of hydrogen-bond acceptors (Lipinski definition) is 2. The lowest BCUT2D eigenvalue weighted by Gasteiger charge is -2.11. The van der Waals surface area contributed by atoms with E-state index in [1.165, 1.54) is 57.4 Å². The molecule has 2 aromatic rings. The van der Waals surface area contributed by atoms with E-state index < -0.39 is 10.1 Å². The van der Waals surface area contributed by atoms with Crippen LogP contribution in [0.4, 0.5) is 0 Å². The Morgan fingerprint density at radius 1 is 0.769 bits per heavy atom. The summed E-state index contributed by atoms with van der Waals surface area (Å²) in [5.41, 5.74) is 0.755. The van der Waals surface area contributed by atoms with Gasteiger partial charge in [-0.15, -0.1) is 0 Å². The van der Waals surface area contributed by atoms with Gasteiger partial charge in [0.1, 0.15) is 0 Å². The Morgan fingerprint density at radius 3 is 1.96 bits per heavy atom. The monoisotopic (exact) mass is 376 g/mol. The maximum Gasteiger partial charge on any atom is 0.294 e. The van der Waals surface area contributed by atoms with Gasteiger partial charge < -0.3 is 0 Å². The zero-order chi connectivity index (χ0) is 18.8. The summed E-state index contributed by atoms with van der Waals surface area (Å²) in [5.74, 6) is 0. The molecule has 0 unspecified atom stereocenters. The highest BCUT2D eigenvalue weighted by atomic mass is 32.2. The van der Waals surface area contributed by atoms with E-state index in [0.29, 0.717) is 6.42 Å². The molecule has 4 heteroatoms. The molecule has 0 aliphatic carbocycles. The molecule has 0 heterocycles. The van der Waals surface area contributed by atoms with Crippen LogP contribution >= 0.6 is 0 Å². The van der Waals surface area contributed by atoms with Crippen molar-refractivity contribution in [2.75, 3.05) is 0 Å². The van der Waals surface area contributed by atoms with E-state index in [9.17, 15) is 13.0 Å². The average molecular weight is 377 g/mol. The van der Waals surface area contributed by atoms with Crippen molar-refractivity contribution in [2.24, 2.45) is 0 Å². The van der Waals surface area contributed by atoms with Crippen LogP contribution in [0.2, 0.25) is 0 Å². The Kier molecular flexibility index (Phi) is 8.60. The second kappa shape index (κ2) is 10.7. The minimum Gasteiger partial charge on any atom is -0.282 e. The zero-order valence-electron chi connectivity index (χ0n) is 15.9. The van der Waals surface area contributed by atoms with Crippen molar-refractivity contribution >= 4 is 20.9 Å². The van der Waals surface area contributed by atoms with E-state index in [1.807, 2.05) is 24.3 Å². The first-order chi connectivity index (χ1) is 12.5. The topological polar surface area (TPSA) is 54.4 Å². The lowest BCUT2D eigenvalue weighted by Crippen LogP contribution is -2.04. The summed E-state index contributed by atoms with van der Waals surface area (Å²) >= 11 is 0. The Morgan fingerprint density at radius 2 is 1.35 bits per heavy atom. The minimum absolute atomic E-state index is 0.0622. The first-order valence-corrected chi connectivity index (χ1v) is 11.5. The average Bonchev–Trinajstić information content (AvgIpc) is 2.62. The molecule has 26 heavy (non-hydrogen) atoms. The molecule has 2 rings (SSSR count). The third-order valence-electron chi connectivity index (χ3n) is 5.06. The Bertz CT molecular complexity index is 781. The van der Waals surface area contributed by atoms with Crippen LogP contribution in [0.15, 0.2) is 41.3 Å². The largest absolute Gasteiger partial charge is 0.294 e. The van der Waals surface area contributed by atoms with Gasteiger partial charge in [0, 0.05) is 0 Å². The lowest BCUT2D eigenvalue weighted by molar-refractivity contribution is 0.482. The highest BCUT2D eigenvalue weighted by Gasteiger charge is 2.17. The molecule has 0 radical (unpaired) electrons. The summed E-state index contributed by atoms with van der Waals surface area (Å²) in [6.45, 7) is 2.24. The van der Waals surface area contributed by atoms with E-state index in [4.69, 9.17) is 0 Å². The van der Waals surface area contributed by atoms with Gasteiger partial charge in [-0.3, -0.25) is 4.55 Å². The van der Waals surface area contributed by atoms with Crippen molar-refractivity contribution in [1.29, 1.82) is 0 Å². The Balaban J connectivity index is 1.86. The minimum atomic E-state index is -4.19. The summed E-state index contributed by atoms with van der Waals surface area (Å²) in [6, 6.07) is 11.1. The van der Waals surface area contributed by atoms with Crippen LogP contribution in [0, 0.1) is 0 Å². The summed E-state index contributed by atoms with van der Waals surface area (Å²) in [5, 5.41) is 1.94. The van der Waals surface area contributed by atoms with Gasteiger partial charge in [0.2, 0.25) is 0 Å². The molecule has 0 atom stereocenters. The summed E-state index contributed by atoms with van der Waals surface area (Å²) < 4.78 is 33.0. The van der Waals surface area contributed by atoms with Crippen molar-refractivity contribution < 1.29 is 13.0 Å². The van der Waals surface area contributed by atoms with Crippen molar-refractivity contribution in [3.63, 3.8) is 0 Å². The number of benzene rings is 2. The van der Waals surface area contributed by atoms with Crippen molar-refractivity contribution in [2.45, 2.75) is 82.4 Å². The molecule has 0 bridgehead atoms. The number of rotatable bonds is 12. The molecule has 0 fully saturated rings. The van der Waals surface area contributed by atoms with Crippen molar-refractivity contribution in [3.05, 3.63) is 42.0 Å². The highest BCUT2D eigenvalue weighted by molar-refractivity contribution is 7.85. The van der Waals surface area contributed by atoms with Gasteiger partial charge in [-0.05, 0) is 35.2 Å². The van der Waals surface area contributed by atoms with Gasteiger partial charge >= 0.3 is 0 Å². The molecular weight excluding hydrogens is 344 g/mol. The summed E-state index contributed by atoms with van der Waals surface area (Å²) in [4.78, 5) is 0.0622. The SMILES string of the molecule is CCCCCCCCCCCCc1c(S(=O)(=O)O)ccc2ccccc12. The first kappa shape index (κ1) is 20.9. The molecular formula is C22H32O3S. The van der Waals surface area contributed by atoms with Crippen molar-refractivity contribution in [1.82, 2.24) is 0 Å². The Hall–Kier alpha value is -1.39. The second-order valence-electron chi connectivity index (χ2n) is 7.17. The maximum absolute atomic E-state index is 11.7. The molecule has 3 nitrogen and oxygen atoms in total. The normalized spacial score (nSPS) is 11.9. The summed E-state index contributed by atoms with van der Waals surface area (Å²) in [7, 11) is -4.19.